The minimum absolute atomic E-state index is 0.135. The van der Waals surface area contributed by atoms with Crippen LogP contribution in [-0.2, 0) is 17.8 Å². The van der Waals surface area contributed by atoms with Crippen molar-refractivity contribution in [1.29, 1.82) is 0 Å². The van der Waals surface area contributed by atoms with Gasteiger partial charge in [-0.1, -0.05) is 36.4 Å². The Morgan fingerprint density at radius 1 is 0.919 bits per heavy atom. The van der Waals surface area contributed by atoms with Gasteiger partial charge in [-0.05, 0) is 73.0 Å². The molecule has 9 heteroatoms. The molecule has 192 valence electrons. The highest BCUT2D eigenvalue weighted by atomic mass is 19.4. The molecule has 1 fully saturated rings. The van der Waals surface area contributed by atoms with Crippen molar-refractivity contribution in [3.8, 4) is 16.9 Å². The standard InChI is InChI=1S/C28H27F3N4O2/c29-28(30,31)37-25-11-8-22(9-12-25)21-5-3-20(4-6-21)17-27(36)33-24-10-7-23-19-32-35(26(23)18-24)16-15-34-13-1-2-14-34/h3-12,18-19H,1-2,13-17H2,(H,33,36). The number of fused-ring (bicyclic) bond motifs is 1. The summed E-state index contributed by atoms with van der Waals surface area (Å²) in [7, 11) is 0. The fraction of sp³-hybridized carbons (Fsp3) is 0.286. The topological polar surface area (TPSA) is 59.4 Å². The molecule has 1 aliphatic heterocycles. The van der Waals surface area contributed by atoms with Crippen LogP contribution in [0.4, 0.5) is 18.9 Å². The minimum Gasteiger partial charge on any atom is -0.406 e. The summed E-state index contributed by atoms with van der Waals surface area (Å²) in [5, 5.41) is 8.53. The molecular formula is C28H27F3N4O2. The molecule has 2 heterocycles. The van der Waals surface area contributed by atoms with Crippen molar-refractivity contribution >= 4 is 22.5 Å². The van der Waals surface area contributed by atoms with Crippen molar-refractivity contribution in [3.63, 3.8) is 0 Å². The molecule has 0 radical (unpaired) electrons. The zero-order valence-corrected chi connectivity index (χ0v) is 20.2. The molecule has 1 N–H and O–H groups in total. The van der Waals surface area contributed by atoms with Gasteiger partial charge in [-0.25, -0.2) is 0 Å². The highest BCUT2D eigenvalue weighted by molar-refractivity contribution is 5.94. The van der Waals surface area contributed by atoms with Gasteiger partial charge in [0.25, 0.3) is 0 Å². The molecule has 1 amide bonds. The number of carbonyl (C=O) groups is 1. The number of aromatic nitrogens is 2. The number of nitrogens with zero attached hydrogens (tertiary/aromatic N) is 3. The van der Waals surface area contributed by atoms with E-state index < -0.39 is 6.36 Å². The van der Waals surface area contributed by atoms with Crippen molar-refractivity contribution in [2.75, 3.05) is 25.0 Å². The van der Waals surface area contributed by atoms with E-state index >= 15 is 0 Å². The predicted molar refractivity (Wildman–Crippen MR) is 136 cm³/mol. The Morgan fingerprint density at radius 3 is 2.27 bits per heavy atom. The van der Waals surface area contributed by atoms with Crippen LogP contribution in [0.1, 0.15) is 18.4 Å². The molecule has 0 spiro atoms. The molecule has 37 heavy (non-hydrogen) atoms. The van der Waals surface area contributed by atoms with E-state index in [1.165, 1.54) is 25.0 Å². The van der Waals surface area contributed by atoms with Crippen molar-refractivity contribution in [3.05, 3.63) is 78.5 Å². The maximum absolute atomic E-state index is 12.7. The molecule has 6 nitrogen and oxygen atoms in total. The van der Waals surface area contributed by atoms with Crippen LogP contribution in [0, 0.1) is 0 Å². The molecule has 4 aromatic rings. The fourth-order valence-electron chi connectivity index (χ4n) is 4.62. The first-order chi connectivity index (χ1) is 17.8. The first-order valence-corrected chi connectivity index (χ1v) is 12.3. The van der Waals surface area contributed by atoms with Crippen LogP contribution in [0.15, 0.2) is 72.9 Å². The summed E-state index contributed by atoms with van der Waals surface area (Å²) in [6.07, 6.45) is -0.155. The number of benzene rings is 3. The summed E-state index contributed by atoms with van der Waals surface area (Å²) in [6, 6.07) is 18.8. The lowest BCUT2D eigenvalue weighted by atomic mass is 10.0. The molecule has 0 unspecified atom stereocenters. The number of likely N-dealkylation sites (tertiary alicyclic amines) is 1. The number of ether oxygens (including phenoxy) is 1. The smallest absolute Gasteiger partial charge is 0.406 e. The van der Waals surface area contributed by atoms with Crippen molar-refractivity contribution < 1.29 is 22.7 Å². The van der Waals surface area contributed by atoms with E-state index in [9.17, 15) is 18.0 Å². The van der Waals surface area contributed by atoms with Crippen LogP contribution in [0.25, 0.3) is 22.0 Å². The second-order valence-corrected chi connectivity index (χ2v) is 9.18. The minimum atomic E-state index is -4.72. The highest BCUT2D eigenvalue weighted by Crippen LogP contribution is 2.27. The molecule has 0 atom stereocenters. The van der Waals surface area contributed by atoms with Crippen LogP contribution in [0.2, 0.25) is 0 Å². The fourth-order valence-corrected chi connectivity index (χ4v) is 4.62. The van der Waals surface area contributed by atoms with Crippen LogP contribution in [-0.4, -0.2) is 46.6 Å². The summed E-state index contributed by atoms with van der Waals surface area (Å²) in [6.45, 7) is 4.07. The molecule has 0 saturated carbocycles. The van der Waals surface area contributed by atoms with Gasteiger partial charge >= 0.3 is 6.36 Å². The normalized spacial score (nSPS) is 14.2. The average molecular weight is 509 g/mol. The summed E-state index contributed by atoms with van der Waals surface area (Å²) in [4.78, 5) is 15.1. The second kappa shape index (κ2) is 10.6. The van der Waals surface area contributed by atoms with E-state index in [1.54, 1.807) is 12.1 Å². The summed E-state index contributed by atoms with van der Waals surface area (Å²) < 4.78 is 42.9. The largest absolute Gasteiger partial charge is 0.573 e. The third kappa shape index (κ3) is 6.48. The first kappa shape index (κ1) is 24.8. The number of hydrogen-bond acceptors (Lipinski definition) is 4. The van der Waals surface area contributed by atoms with Gasteiger partial charge in [0.1, 0.15) is 5.75 Å². The number of rotatable bonds is 8. The quantitative estimate of drug-likeness (QED) is 0.323. The Kier molecular flexibility index (Phi) is 7.14. The van der Waals surface area contributed by atoms with Gasteiger partial charge < -0.3 is 15.0 Å². The Balaban J connectivity index is 1.19. The van der Waals surface area contributed by atoms with Gasteiger partial charge in [0.2, 0.25) is 5.91 Å². The maximum Gasteiger partial charge on any atom is 0.573 e. The number of anilines is 1. The predicted octanol–water partition coefficient (Wildman–Crippen LogP) is 5.88. The monoisotopic (exact) mass is 508 g/mol. The van der Waals surface area contributed by atoms with E-state index in [0.717, 1.165) is 59.5 Å². The first-order valence-electron chi connectivity index (χ1n) is 12.3. The van der Waals surface area contributed by atoms with Crippen LogP contribution in [0.5, 0.6) is 5.75 Å². The Morgan fingerprint density at radius 2 is 1.59 bits per heavy atom. The van der Waals surface area contributed by atoms with Crippen molar-refractivity contribution in [2.24, 2.45) is 0 Å². The zero-order valence-electron chi connectivity index (χ0n) is 20.2. The molecule has 0 bridgehead atoms. The maximum atomic E-state index is 12.7. The number of amides is 1. The van der Waals surface area contributed by atoms with Gasteiger partial charge in [0.15, 0.2) is 0 Å². The number of hydrogen-bond donors (Lipinski definition) is 1. The van der Waals surface area contributed by atoms with Crippen molar-refractivity contribution in [2.45, 2.75) is 32.2 Å². The third-order valence-corrected chi connectivity index (χ3v) is 6.50. The summed E-state index contributed by atoms with van der Waals surface area (Å²) in [5.74, 6) is -0.402. The Hall–Kier alpha value is -3.85. The molecule has 5 rings (SSSR count). The van der Waals surface area contributed by atoms with Crippen molar-refractivity contribution in [1.82, 2.24) is 14.7 Å². The summed E-state index contributed by atoms with van der Waals surface area (Å²) in [5.41, 5.74) is 4.12. The Labute approximate surface area is 212 Å². The van der Waals surface area contributed by atoms with Gasteiger partial charge in [0, 0.05) is 17.6 Å². The van der Waals surface area contributed by atoms with E-state index in [0.29, 0.717) is 0 Å². The average Bonchev–Trinajstić information content (AvgIpc) is 3.52. The number of nitrogens with one attached hydrogen (secondary N) is 1. The molecule has 1 saturated heterocycles. The second-order valence-electron chi connectivity index (χ2n) is 9.18. The van der Waals surface area contributed by atoms with Gasteiger partial charge in [-0.3, -0.25) is 9.48 Å². The molecule has 3 aromatic carbocycles. The number of halogens is 3. The third-order valence-electron chi connectivity index (χ3n) is 6.50. The molecule has 1 aromatic heterocycles. The van der Waals surface area contributed by atoms with E-state index in [1.807, 2.05) is 53.3 Å². The van der Waals surface area contributed by atoms with E-state index in [2.05, 4.69) is 20.1 Å². The van der Waals surface area contributed by atoms with Gasteiger partial charge in [-0.15, -0.1) is 13.2 Å². The van der Waals surface area contributed by atoms with Gasteiger partial charge in [-0.2, -0.15) is 5.10 Å². The molecule has 1 aliphatic rings. The van der Waals surface area contributed by atoms with Gasteiger partial charge in [0.05, 0.1) is 24.7 Å². The Bertz CT molecular complexity index is 1360. The number of alkyl halides is 3. The molecule has 0 aliphatic carbocycles. The van der Waals surface area contributed by atoms with E-state index in [-0.39, 0.29) is 18.1 Å². The van der Waals surface area contributed by atoms with Crippen LogP contribution < -0.4 is 10.1 Å². The number of carbonyl (C=O) groups excluding carboxylic acids is 1. The summed E-state index contributed by atoms with van der Waals surface area (Å²) >= 11 is 0. The van der Waals surface area contributed by atoms with Crippen LogP contribution >= 0.6 is 0 Å². The lowest BCUT2D eigenvalue weighted by Gasteiger charge is -2.14. The molecular weight excluding hydrogens is 481 g/mol. The highest BCUT2D eigenvalue weighted by Gasteiger charge is 2.31. The zero-order chi connectivity index (χ0) is 25.8. The van der Waals surface area contributed by atoms with E-state index in [4.69, 9.17) is 0 Å². The lowest BCUT2D eigenvalue weighted by molar-refractivity contribution is -0.274. The lowest BCUT2D eigenvalue weighted by Crippen LogP contribution is -2.24. The SMILES string of the molecule is O=C(Cc1ccc(-c2ccc(OC(F)(F)F)cc2)cc1)Nc1ccc2cnn(CCN3CCCC3)c2c1. The van der Waals surface area contributed by atoms with Crippen LogP contribution in [0.3, 0.4) is 0 Å².